The molecule has 3 rings (SSSR count). The van der Waals surface area contributed by atoms with Crippen LogP contribution < -0.4 is 11.1 Å². The molecule has 31 heavy (non-hydrogen) atoms. The van der Waals surface area contributed by atoms with E-state index >= 15 is 0 Å². The molecule has 0 aliphatic rings. The van der Waals surface area contributed by atoms with Gasteiger partial charge >= 0.3 is 6.18 Å². The zero-order chi connectivity index (χ0) is 22.9. The van der Waals surface area contributed by atoms with Crippen LogP contribution in [0.15, 0.2) is 36.5 Å². The molecular weight excluding hydrogens is 437 g/mol. The highest BCUT2D eigenvalue weighted by Gasteiger charge is 2.36. The molecule has 8 nitrogen and oxygen atoms in total. The van der Waals surface area contributed by atoms with Gasteiger partial charge in [-0.15, -0.1) is 0 Å². The van der Waals surface area contributed by atoms with Gasteiger partial charge < -0.3 is 11.1 Å². The number of halogens is 4. The zero-order valence-corrected chi connectivity index (χ0v) is 16.4. The molecule has 0 saturated carbocycles. The van der Waals surface area contributed by atoms with Crippen molar-refractivity contribution in [3.8, 4) is 5.82 Å². The minimum absolute atomic E-state index is 0.0382. The van der Waals surface area contributed by atoms with Crippen molar-refractivity contribution >= 4 is 34.8 Å². The lowest BCUT2D eigenvalue weighted by atomic mass is 10.1. The van der Waals surface area contributed by atoms with E-state index in [4.69, 9.17) is 23.9 Å². The van der Waals surface area contributed by atoms with Gasteiger partial charge in [0.05, 0.1) is 22.8 Å². The fourth-order valence-electron chi connectivity index (χ4n) is 2.75. The highest BCUT2D eigenvalue weighted by atomic mass is 35.5. The molecule has 3 N–H and O–H groups in total. The number of aromatic nitrogens is 3. The number of amides is 2. The van der Waals surface area contributed by atoms with E-state index in [1.165, 1.54) is 37.4 Å². The number of rotatable bonds is 4. The number of benzene rings is 1. The second kappa shape index (κ2) is 8.08. The highest BCUT2D eigenvalue weighted by molar-refractivity contribution is 6.32. The Hall–Kier alpha value is -3.91. The summed E-state index contributed by atoms with van der Waals surface area (Å²) in [6.45, 7) is 8.58. The van der Waals surface area contributed by atoms with Gasteiger partial charge in [-0.1, -0.05) is 17.7 Å². The number of primary amides is 1. The molecule has 2 heterocycles. The Morgan fingerprint density at radius 1 is 1.29 bits per heavy atom. The van der Waals surface area contributed by atoms with Crippen LogP contribution in [0, 0.1) is 13.5 Å². The number of nitrogens with zero attached hydrogens (tertiary/aromatic N) is 4. The maximum atomic E-state index is 13.3. The van der Waals surface area contributed by atoms with Crippen LogP contribution in [0.1, 0.15) is 32.1 Å². The third-order valence-corrected chi connectivity index (χ3v) is 4.42. The van der Waals surface area contributed by atoms with Crippen molar-refractivity contribution in [3.63, 3.8) is 0 Å². The standard InChI is InChI=1S/C19H12ClF3N6O2/c1-9-6-10(25-2)7-11(16(24)30)15(9)27-18(31)13-8-14(19(21,22)23)28-29(13)17-12(20)4-3-5-26-17/h3-8H,1H3,(H2,24,30)(H,27,31). The third-order valence-electron chi connectivity index (χ3n) is 4.13. The van der Waals surface area contributed by atoms with E-state index in [9.17, 15) is 22.8 Å². The van der Waals surface area contributed by atoms with Crippen LogP contribution in [0.4, 0.5) is 24.5 Å². The molecule has 0 atom stereocenters. The minimum atomic E-state index is -4.84. The molecule has 0 aliphatic carbocycles. The average Bonchev–Trinajstić information content (AvgIpc) is 3.15. The maximum absolute atomic E-state index is 13.3. The molecule has 0 radical (unpaired) electrons. The molecule has 2 aromatic heterocycles. The van der Waals surface area contributed by atoms with Crippen LogP contribution in [0.3, 0.4) is 0 Å². The number of anilines is 1. The van der Waals surface area contributed by atoms with E-state index in [1.807, 2.05) is 0 Å². The summed E-state index contributed by atoms with van der Waals surface area (Å²) in [7, 11) is 0. The molecule has 0 fully saturated rings. The number of alkyl halides is 3. The number of pyridine rings is 1. The Labute approximate surface area is 178 Å². The van der Waals surface area contributed by atoms with E-state index in [0.29, 0.717) is 16.3 Å². The van der Waals surface area contributed by atoms with Crippen molar-refractivity contribution in [3.05, 3.63) is 75.5 Å². The van der Waals surface area contributed by atoms with Crippen LogP contribution in [-0.2, 0) is 6.18 Å². The molecular formula is C19H12ClF3N6O2. The van der Waals surface area contributed by atoms with Crippen molar-refractivity contribution in [2.45, 2.75) is 13.1 Å². The van der Waals surface area contributed by atoms with Gasteiger partial charge in [-0.3, -0.25) is 9.59 Å². The first-order chi connectivity index (χ1) is 14.5. The summed E-state index contributed by atoms with van der Waals surface area (Å²) in [6, 6.07) is 5.93. The van der Waals surface area contributed by atoms with Crippen molar-refractivity contribution < 1.29 is 22.8 Å². The summed E-state index contributed by atoms with van der Waals surface area (Å²) in [5, 5.41) is 5.78. The summed E-state index contributed by atoms with van der Waals surface area (Å²) in [5.74, 6) is -2.15. The highest BCUT2D eigenvalue weighted by Crippen LogP contribution is 2.32. The number of hydrogen-bond donors (Lipinski definition) is 2. The van der Waals surface area contributed by atoms with E-state index < -0.39 is 29.4 Å². The van der Waals surface area contributed by atoms with Crippen LogP contribution in [0.5, 0.6) is 0 Å². The number of hydrogen-bond acceptors (Lipinski definition) is 4. The SMILES string of the molecule is [C-]#[N+]c1cc(C)c(NC(=O)c2cc(C(F)(F)F)nn2-c2ncccc2Cl)c(C(N)=O)c1. The predicted molar refractivity (Wildman–Crippen MR) is 105 cm³/mol. The Morgan fingerprint density at radius 3 is 2.58 bits per heavy atom. The Kier molecular flexibility index (Phi) is 5.68. The van der Waals surface area contributed by atoms with Gasteiger partial charge in [0.2, 0.25) is 5.91 Å². The van der Waals surface area contributed by atoms with Crippen molar-refractivity contribution in [1.29, 1.82) is 0 Å². The Balaban J connectivity index is 2.13. The molecule has 0 aliphatic heterocycles. The average molecular weight is 449 g/mol. The summed E-state index contributed by atoms with van der Waals surface area (Å²) in [6.07, 6.45) is -3.57. The number of carbonyl (C=O) groups excluding carboxylic acids is 2. The molecule has 0 unspecified atom stereocenters. The first-order valence-electron chi connectivity index (χ1n) is 8.44. The lowest BCUT2D eigenvalue weighted by Crippen LogP contribution is -2.21. The van der Waals surface area contributed by atoms with Gasteiger partial charge in [0.15, 0.2) is 17.2 Å². The van der Waals surface area contributed by atoms with Gasteiger partial charge in [0, 0.05) is 12.3 Å². The van der Waals surface area contributed by atoms with Crippen molar-refractivity contribution in [1.82, 2.24) is 14.8 Å². The number of carbonyl (C=O) groups is 2. The van der Waals surface area contributed by atoms with E-state index in [0.717, 1.165) is 0 Å². The van der Waals surface area contributed by atoms with E-state index in [2.05, 4.69) is 20.2 Å². The molecule has 12 heteroatoms. The zero-order valence-electron chi connectivity index (χ0n) is 15.7. The summed E-state index contributed by atoms with van der Waals surface area (Å²) in [4.78, 5) is 31.8. The van der Waals surface area contributed by atoms with Gasteiger partial charge in [-0.25, -0.2) is 14.5 Å². The second-order valence-corrected chi connectivity index (χ2v) is 6.66. The van der Waals surface area contributed by atoms with Crippen LogP contribution in [-0.4, -0.2) is 26.6 Å². The predicted octanol–water partition coefficient (Wildman–Crippen LogP) is 4.15. The lowest BCUT2D eigenvalue weighted by molar-refractivity contribution is -0.141. The number of aryl methyl sites for hydroxylation is 1. The van der Waals surface area contributed by atoms with E-state index in [-0.39, 0.29) is 27.8 Å². The summed E-state index contributed by atoms with van der Waals surface area (Å²) in [5.41, 5.74) is 3.67. The van der Waals surface area contributed by atoms with Gasteiger partial charge in [0.1, 0.15) is 5.69 Å². The Bertz CT molecular complexity index is 1250. The topological polar surface area (TPSA) is 107 Å². The second-order valence-electron chi connectivity index (χ2n) is 6.25. The van der Waals surface area contributed by atoms with Crippen molar-refractivity contribution in [2.75, 3.05) is 5.32 Å². The summed E-state index contributed by atoms with van der Waals surface area (Å²) < 4.78 is 40.4. The van der Waals surface area contributed by atoms with Crippen LogP contribution >= 0.6 is 11.6 Å². The smallest absolute Gasteiger partial charge is 0.366 e. The normalized spacial score (nSPS) is 11.1. The fourth-order valence-corrected chi connectivity index (χ4v) is 2.95. The maximum Gasteiger partial charge on any atom is 0.435 e. The largest absolute Gasteiger partial charge is 0.435 e. The van der Waals surface area contributed by atoms with E-state index in [1.54, 1.807) is 0 Å². The molecule has 1 aromatic carbocycles. The monoisotopic (exact) mass is 448 g/mol. The first kappa shape index (κ1) is 21.8. The molecule has 0 spiro atoms. The molecule has 3 aromatic rings. The lowest BCUT2D eigenvalue weighted by Gasteiger charge is -2.14. The molecule has 158 valence electrons. The number of nitrogens with one attached hydrogen (secondary N) is 1. The number of nitrogens with two attached hydrogens (primary N) is 1. The molecule has 0 bridgehead atoms. The minimum Gasteiger partial charge on any atom is -0.366 e. The van der Waals surface area contributed by atoms with Crippen LogP contribution in [0.25, 0.3) is 10.7 Å². The quantitative estimate of drug-likeness (QED) is 0.584. The Morgan fingerprint density at radius 2 is 2.00 bits per heavy atom. The first-order valence-corrected chi connectivity index (χ1v) is 8.82. The van der Waals surface area contributed by atoms with Gasteiger partial charge in [0.25, 0.3) is 5.91 Å². The molecule has 2 amide bonds. The fraction of sp³-hybridized carbons (Fsp3) is 0.105. The molecule has 0 saturated heterocycles. The van der Waals surface area contributed by atoms with Gasteiger partial charge in [-0.05, 0) is 30.7 Å². The van der Waals surface area contributed by atoms with Crippen LogP contribution in [0.2, 0.25) is 5.02 Å². The third kappa shape index (κ3) is 4.34. The van der Waals surface area contributed by atoms with Crippen molar-refractivity contribution in [2.24, 2.45) is 5.73 Å². The van der Waals surface area contributed by atoms with Gasteiger partial charge in [-0.2, -0.15) is 18.3 Å². The summed E-state index contributed by atoms with van der Waals surface area (Å²) >= 11 is 6.02.